The Bertz CT molecular complexity index is 648. The molecule has 0 radical (unpaired) electrons. The van der Waals surface area contributed by atoms with Crippen LogP contribution in [0, 0.1) is 17.8 Å². The molecule has 1 aliphatic rings. The van der Waals surface area contributed by atoms with Gasteiger partial charge >= 0.3 is 6.09 Å². The molecule has 2 rings (SSSR count). The zero-order valence-electron chi connectivity index (χ0n) is 18.1. The van der Waals surface area contributed by atoms with Crippen molar-refractivity contribution in [3.05, 3.63) is 35.9 Å². The molecule has 3 N–H and O–H groups in total. The zero-order chi connectivity index (χ0) is 21.4. The van der Waals surface area contributed by atoms with Crippen LogP contribution >= 0.6 is 0 Å². The molecule has 1 saturated carbocycles. The fourth-order valence-electron chi connectivity index (χ4n) is 3.59. The van der Waals surface area contributed by atoms with Gasteiger partial charge in [-0.3, -0.25) is 4.79 Å². The van der Waals surface area contributed by atoms with Crippen LogP contribution in [-0.2, 0) is 16.1 Å². The van der Waals surface area contributed by atoms with Crippen LogP contribution in [0.4, 0.5) is 4.79 Å². The van der Waals surface area contributed by atoms with Gasteiger partial charge in [0.15, 0.2) is 0 Å². The summed E-state index contributed by atoms with van der Waals surface area (Å²) in [5.41, 5.74) is 0.940. The van der Waals surface area contributed by atoms with Crippen molar-refractivity contribution in [3.63, 3.8) is 0 Å². The van der Waals surface area contributed by atoms with E-state index in [4.69, 9.17) is 4.74 Å². The molecule has 1 aliphatic carbocycles. The summed E-state index contributed by atoms with van der Waals surface area (Å²) in [6.07, 6.45) is 0.920. The molecule has 0 aromatic heterocycles. The standard InChI is InChI=1S/C23H36N2O4/c1-15(2)10-18(25-23(28)29-14-17-8-6-5-7-9-17)13-24-20(11-16(3)4)22(27)19-12-21(19)26/h5-9,15-16,18-20,22,24,27H,10-14H2,1-4H3,(H,25,28)/t18-,19?,20+,22?/m1/s1. The maximum Gasteiger partial charge on any atom is 0.407 e. The Morgan fingerprint density at radius 1 is 1.14 bits per heavy atom. The van der Waals surface area contributed by atoms with Crippen LogP contribution in [0.5, 0.6) is 0 Å². The summed E-state index contributed by atoms with van der Waals surface area (Å²) in [5, 5.41) is 16.9. The number of Topliss-reactive ketones (excluding diaryl/α,β-unsaturated/α-hetero) is 1. The van der Waals surface area contributed by atoms with E-state index in [1.54, 1.807) is 0 Å². The van der Waals surface area contributed by atoms with Gasteiger partial charge in [-0.15, -0.1) is 0 Å². The smallest absolute Gasteiger partial charge is 0.407 e. The van der Waals surface area contributed by atoms with Gasteiger partial charge in [0.1, 0.15) is 12.4 Å². The van der Waals surface area contributed by atoms with Gasteiger partial charge in [0, 0.05) is 25.0 Å². The van der Waals surface area contributed by atoms with E-state index in [-0.39, 0.29) is 30.4 Å². The number of ether oxygens (including phenoxy) is 1. The number of alkyl carbamates (subject to hydrolysis) is 1. The maximum absolute atomic E-state index is 12.3. The topological polar surface area (TPSA) is 87.7 Å². The predicted molar refractivity (Wildman–Crippen MR) is 113 cm³/mol. The number of carbonyl (C=O) groups is 2. The first-order chi connectivity index (χ1) is 13.8. The summed E-state index contributed by atoms with van der Waals surface area (Å²) in [6.45, 7) is 9.16. The Labute approximate surface area is 174 Å². The summed E-state index contributed by atoms with van der Waals surface area (Å²) in [4.78, 5) is 23.7. The van der Waals surface area contributed by atoms with Gasteiger partial charge in [-0.05, 0) is 30.2 Å². The fourth-order valence-corrected chi connectivity index (χ4v) is 3.59. The number of hydrogen-bond donors (Lipinski definition) is 3. The Morgan fingerprint density at radius 2 is 1.76 bits per heavy atom. The lowest BCUT2D eigenvalue weighted by Crippen LogP contribution is -2.50. The number of benzene rings is 1. The van der Waals surface area contributed by atoms with Crippen LogP contribution in [0.15, 0.2) is 30.3 Å². The molecule has 1 aromatic carbocycles. The molecule has 1 aromatic rings. The maximum atomic E-state index is 12.3. The van der Waals surface area contributed by atoms with Gasteiger partial charge in [0.2, 0.25) is 0 Å². The van der Waals surface area contributed by atoms with Crippen LogP contribution in [0.25, 0.3) is 0 Å². The molecule has 29 heavy (non-hydrogen) atoms. The van der Waals surface area contributed by atoms with Gasteiger partial charge in [0.25, 0.3) is 0 Å². The summed E-state index contributed by atoms with van der Waals surface area (Å²) in [7, 11) is 0. The van der Waals surface area contributed by atoms with E-state index < -0.39 is 12.2 Å². The predicted octanol–water partition coefficient (Wildman–Crippen LogP) is 3.28. The van der Waals surface area contributed by atoms with Gasteiger partial charge in [-0.2, -0.15) is 0 Å². The Morgan fingerprint density at radius 3 is 2.31 bits per heavy atom. The molecule has 162 valence electrons. The van der Waals surface area contributed by atoms with Crippen LogP contribution in [0.1, 0.15) is 52.5 Å². The summed E-state index contributed by atoms with van der Waals surface area (Å²) < 4.78 is 5.35. The van der Waals surface area contributed by atoms with E-state index in [1.807, 2.05) is 30.3 Å². The molecule has 4 atom stereocenters. The molecule has 6 heteroatoms. The fraction of sp³-hybridized carbons (Fsp3) is 0.652. The van der Waals surface area contributed by atoms with E-state index in [2.05, 4.69) is 38.3 Å². The normalized spacial score (nSPS) is 19.1. The lowest BCUT2D eigenvalue weighted by molar-refractivity contribution is -0.112. The lowest BCUT2D eigenvalue weighted by atomic mass is 9.95. The molecule has 1 amide bonds. The second-order valence-electron chi connectivity index (χ2n) is 8.94. The highest BCUT2D eigenvalue weighted by molar-refractivity contribution is 5.96. The molecular formula is C23H36N2O4. The number of ketones is 1. The molecule has 0 spiro atoms. The lowest BCUT2D eigenvalue weighted by Gasteiger charge is -2.28. The van der Waals surface area contributed by atoms with Crippen molar-refractivity contribution in [2.45, 2.75) is 71.8 Å². The van der Waals surface area contributed by atoms with Crippen molar-refractivity contribution in [2.75, 3.05) is 6.54 Å². The summed E-state index contributed by atoms with van der Waals surface area (Å²) in [5.74, 6) is 0.686. The third-order valence-corrected chi connectivity index (χ3v) is 5.14. The minimum absolute atomic E-state index is 0.116. The molecule has 6 nitrogen and oxygen atoms in total. The van der Waals surface area contributed by atoms with Crippen molar-refractivity contribution in [3.8, 4) is 0 Å². The first kappa shape index (κ1) is 23.4. The molecule has 0 saturated heterocycles. The van der Waals surface area contributed by atoms with Crippen LogP contribution < -0.4 is 10.6 Å². The van der Waals surface area contributed by atoms with Crippen LogP contribution in [-0.4, -0.2) is 41.7 Å². The van der Waals surface area contributed by atoms with Crippen molar-refractivity contribution in [2.24, 2.45) is 17.8 Å². The molecule has 0 bridgehead atoms. The van der Waals surface area contributed by atoms with Crippen molar-refractivity contribution < 1.29 is 19.4 Å². The highest BCUT2D eigenvalue weighted by Gasteiger charge is 2.44. The van der Waals surface area contributed by atoms with Gasteiger partial charge in [0.05, 0.1) is 12.0 Å². The van der Waals surface area contributed by atoms with Crippen molar-refractivity contribution in [1.29, 1.82) is 0 Å². The van der Waals surface area contributed by atoms with E-state index in [9.17, 15) is 14.7 Å². The average molecular weight is 405 g/mol. The number of aliphatic hydroxyl groups excluding tert-OH is 1. The summed E-state index contributed by atoms with van der Waals surface area (Å²) in [6, 6.07) is 9.29. The molecule has 1 fully saturated rings. The minimum atomic E-state index is -0.672. The minimum Gasteiger partial charge on any atom is -0.445 e. The second kappa shape index (κ2) is 11.3. The third-order valence-electron chi connectivity index (χ3n) is 5.14. The zero-order valence-corrected chi connectivity index (χ0v) is 18.1. The number of aliphatic hydroxyl groups is 1. The number of rotatable bonds is 12. The van der Waals surface area contributed by atoms with E-state index in [1.165, 1.54) is 0 Å². The highest BCUT2D eigenvalue weighted by Crippen LogP contribution is 2.31. The Hall–Kier alpha value is -1.92. The van der Waals surface area contributed by atoms with E-state index in [0.29, 0.717) is 24.8 Å². The first-order valence-corrected chi connectivity index (χ1v) is 10.7. The van der Waals surface area contributed by atoms with E-state index in [0.717, 1.165) is 18.4 Å². The van der Waals surface area contributed by atoms with Gasteiger partial charge in [-0.25, -0.2) is 4.79 Å². The van der Waals surface area contributed by atoms with Crippen LogP contribution in [0.3, 0.4) is 0 Å². The third kappa shape index (κ3) is 8.54. The Kier molecular flexibility index (Phi) is 9.11. The quantitative estimate of drug-likeness (QED) is 0.498. The first-order valence-electron chi connectivity index (χ1n) is 10.7. The SMILES string of the molecule is CC(C)C[C@H](CN[C@@H](CC(C)C)C(O)C1CC1=O)NC(=O)OCc1ccccc1. The second-order valence-corrected chi connectivity index (χ2v) is 8.94. The monoisotopic (exact) mass is 404 g/mol. The number of hydrogen-bond acceptors (Lipinski definition) is 5. The van der Waals surface area contributed by atoms with Gasteiger partial charge in [-0.1, -0.05) is 58.0 Å². The van der Waals surface area contributed by atoms with Crippen molar-refractivity contribution >= 4 is 11.9 Å². The Balaban J connectivity index is 1.88. The number of amides is 1. The summed E-state index contributed by atoms with van der Waals surface area (Å²) >= 11 is 0. The molecular weight excluding hydrogens is 368 g/mol. The number of carbonyl (C=O) groups excluding carboxylic acids is 2. The largest absolute Gasteiger partial charge is 0.445 e. The van der Waals surface area contributed by atoms with Crippen molar-refractivity contribution in [1.82, 2.24) is 10.6 Å². The molecule has 0 heterocycles. The highest BCUT2D eigenvalue weighted by atomic mass is 16.5. The van der Waals surface area contributed by atoms with Gasteiger partial charge < -0.3 is 20.5 Å². The van der Waals surface area contributed by atoms with E-state index >= 15 is 0 Å². The molecule has 0 aliphatic heterocycles. The van der Waals surface area contributed by atoms with Crippen LogP contribution in [0.2, 0.25) is 0 Å². The number of nitrogens with one attached hydrogen (secondary N) is 2. The molecule has 2 unspecified atom stereocenters. The average Bonchev–Trinajstić information content (AvgIpc) is 3.39.